The zero-order valence-electron chi connectivity index (χ0n) is 15.4. The summed E-state index contributed by atoms with van der Waals surface area (Å²) in [5.74, 6) is -0.900. The van der Waals surface area contributed by atoms with E-state index < -0.39 is 6.04 Å². The maximum absolute atomic E-state index is 11.9. The smallest absolute Gasteiger partial charge is 0.306 e. The van der Waals surface area contributed by atoms with Gasteiger partial charge in [0.15, 0.2) is 0 Å². The molecule has 0 fully saturated rings. The summed E-state index contributed by atoms with van der Waals surface area (Å²) in [6.45, 7) is 5.70. The molecule has 8 heteroatoms. The Morgan fingerprint density at radius 2 is 1.77 bits per heavy atom. The third kappa shape index (κ3) is 8.82. The molecule has 0 heterocycles. The number of hydrogen-bond acceptors (Lipinski definition) is 5. The van der Waals surface area contributed by atoms with Gasteiger partial charge in [0.1, 0.15) is 0 Å². The first kappa shape index (κ1) is 23.9. The number of amides is 2. The van der Waals surface area contributed by atoms with Crippen molar-refractivity contribution in [2.45, 2.75) is 39.7 Å². The second kappa shape index (κ2) is 12.3. The molecule has 4 N–H and O–H groups in total. The highest BCUT2D eigenvalue weighted by Crippen LogP contribution is 2.11. The number of rotatable bonds is 9. The first-order valence-corrected chi connectivity index (χ1v) is 8.41. The largest absolute Gasteiger partial charge is 0.466 e. The van der Waals surface area contributed by atoms with E-state index in [1.165, 1.54) is 0 Å². The lowest BCUT2D eigenvalue weighted by atomic mass is 10.1. The van der Waals surface area contributed by atoms with Crippen LogP contribution in [0, 0.1) is 5.92 Å². The van der Waals surface area contributed by atoms with E-state index in [1.807, 2.05) is 26.0 Å². The molecule has 0 unspecified atom stereocenters. The molecule has 0 saturated heterocycles. The number of anilines is 1. The van der Waals surface area contributed by atoms with Crippen LogP contribution in [0.1, 0.15) is 32.8 Å². The maximum atomic E-state index is 11.9. The number of carbonyl (C=O) groups excluding carboxylic acids is 3. The predicted octanol–water partition coefficient (Wildman–Crippen LogP) is 1.64. The van der Waals surface area contributed by atoms with Crippen LogP contribution in [0.15, 0.2) is 24.3 Å². The van der Waals surface area contributed by atoms with E-state index in [2.05, 4.69) is 10.6 Å². The van der Waals surface area contributed by atoms with Crippen molar-refractivity contribution in [3.63, 3.8) is 0 Å². The molecule has 0 spiro atoms. The summed E-state index contributed by atoms with van der Waals surface area (Å²) in [6.07, 6.45) is 0.901. The van der Waals surface area contributed by atoms with Gasteiger partial charge in [0.2, 0.25) is 11.8 Å². The van der Waals surface area contributed by atoms with Gasteiger partial charge in [-0.05, 0) is 37.0 Å². The molecule has 1 rings (SSSR count). The third-order valence-corrected chi connectivity index (χ3v) is 3.60. The number of carbonyl (C=O) groups is 3. The zero-order valence-corrected chi connectivity index (χ0v) is 16.2. The summed E-state index contributed by atoms with van der Waals surface area (Å²) in [4.78, 5) is 34.9. The highest BCUT2D eigenvalue weighted by atomic mass is 35.5. The van der Waals surface area contributed by atoms with Crippen molar-refractivity contribution >= 4 is 35.9 Å². The van der Waals surface area contributed by atoms with Gasteiger partial charge in [0.25, 0.3) is 0 Å². The van der Waals surface area contributed by atoms with Crippen molar-refractivity contribution in [1.29, 1.82) is 0 Å². The second-order valence-electron chi connectivity index (χ2n) is 6.04. The van der Waals surface area contributed by atoms with Crippen LogP contribution in [-0.4, -0.2) is 37.0 Å². The first-order valence-electron chi connectivity index (χ1n) is 8.41. The Labute approximate surface area is 160 Å². The Bertz CT molecular complexity index is 591. The van der Waals surface area contributed by atoms with Gasteiger partial charge in [0.05, 0.1) is 19.2 Å². The number of nitrogens with two attached hydrogens (primary N) is 1. The Morgan fingerprint density at radius 3 is 2.31 bits per heavy atom. The molecule has 26 heavy (non-hydrogen) atoms. The van der Waals surface area contributed by atoms with Crippen molar-refractivity contribution in [3.05, 3.63) is 29.8 Å². The van der Waals surface area contributed by atoms with Crippen LogP contribution in [0.5, 0.6) is 0 Å². The van der Waals surface area contributed by atoms with Crippen LogP contribution in [0.3, 0.4) is 0 Å². The fourth-order valence-corrected chi connectivity index (χ4v) is 2.03. The predicted molar refractivity (Wildman–Crippen MR) is 103 cm³/mol. The quantitative estimate of drug-likeness (QED) is 0.559. The van der Waals surface area contributed by atoms with Gasteiger partial charge in [-0.2, -0.15) is 0 Å². The average molecular weight is 386 g/mol. The Hall–Kier alpha value is -2.12. The Kier molecular flexibility index (Phi) is 11.3. The molecule has 0 saturated carbocycles. The minimum absolute atomic E-state index is 0. The number of benzene rings is 1. The molecular formula is C18H28ClN3O4. The van der Waals surface area contributed by atoms with E-state index in [4.69, 9.17) is 10.5 Å². The fraction of sp³-hybridized carbons (Fsp3) is 0.500. The average Bonchev–Trinajstić information content (AvgIpc) is 2.58. The van der Waals surface area contributed by atoms with Crippen LogP contribution in [0.4, 0.5) is 5.69 Å². The van der Waals surface area contributed by atoms with Crippen LogP contribution in [0.2, 0.25) is 0 Å². The molecule has 1 aromatic carbocycles. The van der Waals surface area contributed by atoms with Crippen LogP contribution >= 0.6 is 12.4 Å². The van der Waals surface area contributed by atoms with E-state index in [0.29, 0.717) is 25.1 Å². The van der Waals surface area contributed by atoms with Crippen molar-refractivity contribution in [3.8, 4) is 0 Å². The van der Waals surface area contributed by atoms with Crippen LogP contribution in [0.25, 0.3) is 0 Å². The van der Waals surface area contributed by atoms with Crippen molar-refractivity contribution in [1.82, 2.24) is 5.32 Å². The number of halogens is 1. The highest BCUT2D eigenvalue weighted by molar-refractivity contribution is 5.95. The van der Waals surface area contributed by atoms with Crippen LogP contribution < -0.4 is 16.4 Å². The first-order chi connectivity index (χ1) is 11.8. The normalized spacial score (nSPS) is 11.3. The van der Waals surface area contributed by atoms with Gasteiger partial charge < -0.3 is 21.1 Å². The van der Waals surface area contributed by atoms with E-state index in [9.17, 15) is 14.4 Å². The van der Waals surface area contributed by atoms with E-state index in [-0.39, 0.29) is 42.7 Å². The molecule has 0 bridgehead atoms. The van der Waals surface area contributed by atoms with E-state index in [1.54, 1.807) is 19.1 Å². The van der Waals surface area contributed by atoms with Gasteiger partial charge in [0, 0.05) is 12.1 Å². The standard InChI is InChI=1S/C18H27N3O4.ClH/c1-4-25-16(23)10-7-13-5-8-14(9-6-13)21-15(22)11-20-18(24)17(19)12(2)3;/h5-6,8-9,12,17H,4,7,10-11,19H2,1-3H3,(H,20,24)(H,21,22);1H/t17-;/m0./s1. The number of esters is 1. The van der Waals surface area contributed by atoms with E-state index >= 15 is 0 Å². The maximum Gasteiger partial charge on any atom is 0.306 e. The lowest BCUT2D eigenvalue weighted by Crippen LogP contribution is -2.46. The van der Waals surface area contributed by atoms with Gasteiger partial charge in [-0.3, -0.25) is 14.4 Å². The second-order valence-corrected chi connectivity index (χ2v) is 6.04. The van der Waals surface area contributed by atoms with Gasteiger partial charge >= 0.3 is 5.97 Å². The van der Waals surface area contributed by atoms with Crippen molar-refractivity contribution in [2.75, 3.05) is 18.5 Å². The molecule has 146 valence electrons. The molecular weight excluding hydrogens is 358 g/mol. The topological polar surface area (TPSA) is 111 Å². The van der Waals surface area contributed by atoms with Crippen molar-refractivity contribution < 1.29 is 19.1 Å². The van der Waals surface area contributed by atoms with Gasteiger partial charge in [-0.25, -0.2) is 0 Å². The minimum atomic E-state index is -0.633. The lowest BCUT2D eigenvalue weighted by Gasteiger charge is -2.15. The monoisotopic (exact) mass is 385 g/mol. The van der Waals surface area contributed by atoms with E-state index in [0.717, 1.165) is 5.56 Å². The molecule has 0 aliphatic carbocycles. The summed E-state index contributed by atoms with van der Waals surface area (Å²) in [5, 5.41) is 5.20. The molecule has 0 aliphatic heterocycles. The highest BCUT2D eigenvalue weighted by Gasteiger charge is 2.17. The fourth-order valence-electron chi connectivity index (χ4n) is 2.03. The molecule has 2 amide bonds. The zero-order chi connectivity index (χ0) is 18.8. The Balaban J connectivity index is 0.00000625. The number of hydrogen-bond donors (Lipinski definition) is 3. The number of nitrogens with one attached hydrogen (secondary N) is 2. The lowest BCUT2D eigenvalue weighted by molar-refractivity contribution is -0.143. The minimum Gasteiger partial charge on any atom is -0.466 e. The molecule has 0 radical (unpaired) electrons. The summed E-state index contributed by atoms with van der Waals surface area (Å²) in [5.41, 5.74) is 7.30. The molecule has 1 atom stereocenters. The number of aryl methyl sites for hydroxylation is 1. The molecule has 1 aromatic rings. The van der Waals surface area contributed by atoms with Crippen LogP contribution in [-0.2, 0) is 25.5 Å². The Morgan fingerprint density at radius 1 is 1.15 bits per heavy atom. The molecule has 7 nitrogen and oxygen atoms in total. The summed E-state index contributed by atoms with van der Waals surface area (Å²) in [7, 11) is 0. The third-order valence-electron chi connectivity index (χ3n) is 3.60. The molecule has 0 aromatic heterocycles. The molecule has 0 aliphatic rings. The SMILES string of the molecule is CCOC(=O)CCc1ccc(NC(=O)CNC(=O)[C@@H](N)C(C)C)cc1.Cl. The van der Waals surface area contributed by atoms with Gasteiger partial charge in [-0.1, -0.05) is 26.0 Å². The van der Waals surface area contributed by atoms with Gasteiger partial charge in [-0.15, -0.1) is 12.4 Å². The number of ether oxygens (including phenoxy) is 1. The summed E-state index contributed by atoms with van der Waals surface area (Å²) >= 11 is 0. The summed E-state index contributed by atoms with van der Waals surface area (Å²) < 4.78 is 4.88. The summed E-state index contributed by atoms with van der Waals surface area (Å²) in [6, 6.07) is 6.54. The van der Waals surface area contributed by atoms with Crippen molar-refractivity contribution in [2.24, 2.45) is 11.7 Å².